The van der Waals surface area contributed by atoms with Gasteiger partial charge in [-0.2, -0.15) is 0 Å². The third-order valence-electron chi connectivity index (χ3n) is 4.69. The molecule has 0 aliphatic carbocycles. The molecule has 1 aromatic heterocycles. The Morgan fingerprint density at radius 2 is 1.96 bits per heavy atom. The molecule has 1 heterocycles. The number of aliphatic carboxylic acids is 1. The first-order valence-corrected chi connectivity index (χ1v) is 8.61. The fourth-order valence-corrected chi connectivity index (χ4v) is 2.67. The average molecular weight is 362 g/mol. The van der Waals surface area contributed by atoms with Crippen molar-refractivity contribution in [3.8, 4) is 11.3 Å². The van der Waals surface area contributed by atoms with Crippen LogP contribution >= 0.6 is 0 Å². The van der Waals surface area contributed by atoms with Crippen molar-refractivity contribution in [1.82, 2.24) is 10.3 Å². The van der Waals surface area contributed by atoms with Crippen LogP contribution in [-0.4, -0.2) is 28.5 Å². The molecule has 0 bridgehead atoms. The zero-order valence-corrected chi connectivity index (χ0v) is 14.9. The second-order valence-electron chi connectivity index (χ2n) is 6.17. The predicted octanol–water partition coefficient (Wildman–Crippen LogP) is 3.42. The number of amides is 1. The molecule has 140 valence electrons. The van der Waals surface area contributed by atoms with Crippen LogP contribution in [0.5, 0.6) is 0 Å². The van der Waals surface area contributed by atoms with Crippen LogP contribution in [0, 0.1) is 11.2 Å². The summed E-state index contributed by atoms with van der Waals surface area (Å²) in [5.41, 5.74) is -0.635. The number of rotatable bonds is 9. The highest BCUT2D eigenvalue weighted by atomic mass is 19.1. The highest BCUT2D eigenvalue weighted by Crippen LogP contribution is 2.26. The van der Waals surface area contributed by atoms with Gasteiger partial charge in [0.25, 0.3) is 0 Å². The quantitative estimate of drug-likeness (QED) is 0.713. The summed E-state index contributed by atoms with van der Waals surface area (Å²) >= 11 is 0. The summed E-state index contributed by atoms with van der Waals surface area (Å²) < 4.78 is 19.2. The third kappa shape index (κ3) is 4.47. The van der Waals surface area contributed by atoms with E-state index < -0.39 is 17.2 Å². The number of carboxylic acids is 1. The standard InChI is InChI=1S/C19H23FN2O4/c1-3-19(4-2,18(24)25)12-22-16(23)9-10-17-21-11-15(26-17)13-7-5-6-8-14(13)20/h5-8,11H,3-4,9-10,12H2,1-2H3,(H,22,23)(H,24,25). The number of carbonyl (C=O) groups excluding carboxylic acids is 1. The van der Waals surface area contributed by atoms with Gasteiger partial charge < -0.3 is 14.8 Å². The average Bonchev–Trinajstić information content (AvgIpc) is 3.10. The van der Waals surface area contributed by atoms with E-state index in [0.717, 1.165) is 0 Å². The van der Waals surface area contributed by atoms with E-state index in [4.69, 9.17) is 4.42 Å². The molecule has 2 N–H and O–H groups in total. The molecule has 0 atom stereocenters. The number of hydrogen-bond donors (Lipinski definition) is 2. The van der Waals surface area contributed by atoms with Gasteiger partial charge in [-0.3, -0.25) is 9.59 Å². The molecular weight excluding hydrogens is 339 g/mol. The molecule has 0 aliphatic rings. The van der Waals surface area contributed by atoms with Crippen LogP contribution in [0.1, 0.15) is 39.0 Å². The minimum absolute atomic E-state index is 0.0836. The van der Waals surface area contributed by atoms with E-state index in [0.29, 0.717) is 30.1 Å². The van der Waals surface area contributed by atoms with E-state index in [2.05, 4.69) is 10.3 Å². The zero-order chi connectivity index (χ0) is 19.2. The SMILES string of the molecule is CCC(CC)(CNC(=O)CCc1ncc(-c2ccccc2F)o1)C(=O)O. The molecule has 1 aromatic carbocycles. The maximum atomic E-state index is 13.7. The Balaban J connectivity index is 1.90. The molecule has 7 heteroatoms. The highest BCUT2D eigenvalue weighted by molar-refractivity contribution is 5.79. The third-order valence-corrected chi connectivity index (χ3v) is 4.69. The minimum atomic E-state index is -0.948. The van der Waals surface area contributed by atoms with Crippen molar-refractivity contribution >= 4 is 11.9 Å². The Morgan fingerprint density at radius 3 is 2.58 bits per heavy atom. The summed E-state index contributed by atoms with van der Waals surface area (Å²) in [4.78, 5) is 27.5. The van der Waals surface area contributed by atoms with Gasteiger partial charge in [-0.15, -0.1) is 0 Å². The number of nitrogens with one attached hydrogen (secondary N) is 1. The van der Waals surface area contributed by atoms with E-state index in [1.54, 1.807) is 32.0 Å². The molecule has 0 saturated heterocycles. The lowest BCUT2D eigenvalue weighted by Crippen LogP contribution is -2.42. The Kier molecular flexibility index (Phi) is 6.49. The van der Waals surface area contributed by atoms with E-state index in [1.807, 2.05) is 0 Å². The summed E-state index contributed by atoms with van der Waals surface area (Å²) in [5.74, 6) is -0.959. The second-order valence-corrected chi connectivity index (χ2v) is 6.17. The Bertz CT molecular complexity index is 768. The van der Waals surface area contributed by atoms with Crippen molar-refractivity contribution in [2.24, 2.45) is 5.41 Å². The molecule has 2 rings (SSSR count). The van der Waals surface area contributed by atoms with E-state index in [-0.39, 0.29) is 25.3 Å². The molecule has 0 radical (unpaired) electrons. The Hall–Kier alpha value is -2.70. The number of nitrogens with zero attached hydrogens (tertiary/aromatic N) is 1. The number of carbonyl (C=O) groups is 2. The van der Waals surface area contributed by atoms with Gasteiger partial charge in [-0.1, -0.05) is 26.0 Å². The molecule has 0 spiro atoms. The summed E-state index contributed by atoms with van der Waals surface area (Å²) in [6.07, 6.45) is 2.66. The number of carboxylic acid groups (broad SMARTS) is 1. The van der Waals surface area contributed by atoms with Crippen molar-refractivity contribution in [2.45, 2.75) is 39.5 Å². The minimum Gasteiger partial charge on any atom is -0.481 e. The van der Waals surface area contributed by atoms with Gasteiger partial charge in [-0.25, -0.2) is 9.37 Å². The van der Waals surface area contributed by atoms with Crippen LogP contribution < -0.4 is 5.32 Å². The van der Waals surface area contributed by atoms with Crippen LogP contribution in [0.4, 0.5) is 4.39 Å². The van der Waals surface area contributed by atoms with Crippen LogP contribution in [-0.2, 0) is 16.0 Å². The van der Waals surface area contributed by atoms with Crippen LogP contribution in [0.15, 0.2) is 34.9 Å². The first kappa shape index (κ1) is 19.6. The number of aromatic nitrogens is 1. The zero-order valence-electron chi connectivity index (χ0n) is 14.9. The summed E-state index contributed by atoms with van der Waals surface area (Å²) in [7, 11) is 0. The highest BCUT2D eigenvalue weighted by Gasteiger charge is 2.35. The van der Waals surface area contributed by atoms with Crippen molar-refractivity contribution < 1.29 is 23.5 Å². The van der Waals surface area contributed by atoms with Crippen molar-refractivity contribution in [2.75, 3.05) is 6.54 Å². The smallest absolute Gasteiger partial charge is 0.311 e. The fraction of sp³-hybridized carbons (Fsp3) is 0.421. The van der Waals surface area contributed by atoms with Gasteiger partial charge in [0.05, 0.1) is 17.2 Å². The van der Waals surface area contributed by atoms with Crippen LogP contribution in [0.3, 0.4) is 0 Å². The largest absolute Gasteiger partial charge is 0.481 e. The fourth-order valence-electron chi connectivity index (χ4n) is 2.67. The topological polar surface area (TPSA) is 92.4 Å². The van der Waals surface area contributed by atoms with E-state index in [9.17, 15) is 19.1 Å². The lowest BCUT2D eigenvalue weighted by atomic mass is 9.82. The van der Waals surface area contributed by atoms with Gasteiger partial charge in [0, 0.05) is 19.4 Å². The van der Waals surface area contributed by atoms with Gasteiger partial charge in [-0.05, 0) is 25.0 Å². The molecule has 0 saturated carbocycles. The summed E-state index contributed by atoms with van der Waals surface area (Å²) in [6.45, 7) is 3.67. The lowest BCUT2D eigenvalue weighted by molar-refractivity contribution is -0.149. The van der Waals surface area contributed by atoms with Crippen molar-refractivity contribution in [1.29, 1.82) is 0 Å². The molecule has 2 aromatic rings. The van der Waals surface area contributed by atoms with Gasteiger partial charge in [0.1, 0.15) is 5.82 Å². The lowest BCUT2D eigenvalue weighted by Gasteiger charge is -2.26. The molecule has 0 fully saturated rings. The van der Waals surface area contributed by atoms with E-state index >= 15 is 0 Å². The predicted molar refractivity (Wildman–Crippen MR) is 93.9 cm³/mol. The summed E-state index contributed by atoms with van der Waals surface area (Å²) in [5, 5.41) is 12.0. The molecular formula is C19H23FN2O4. The van der Waals surface area contributed by atoms with Gasteiger partial charge in [0.2, 0.25) is 5.91 Å². The Labute approximate surface area is 151 Å². The maximum Gasteiger partial charge on any atom is 0.311 e. The molecule has 26 heavy (non-hydrogen) atoms. The van der Waals surface area contributed by atoms with Crippen molar-refractivity contribution in [3.05, 3.63) is 42.2 Å². The van der Waals surface area contributed by atoms with Crippen LogP contribution in [0.2, 0.25) is 0 Å². The number of hydrogen-bond acceptors (Lipinski definition) is 4. The molecule has 1 amide bonds. The molecule has 6 nitrogen and oxygen atoms in total. The first-order valence-electron chi connectivity index (χ1n) is 8.61. The van der Waals surface area contributed by atoms with Crippen molar-refractivity contribution in [3.63, 3.8) is 0 Å². The summed E-state index contributed by atoms with van der Waals surface area (Å²) in [6, 6.07) is 6.21. The maximum absolute atomic E-state index is 13.7. The molecule has 0 aliphatic heterocycles. The monoisotopic (exact) mass is 362 g/mol. The van der Waals surface area contributed by atoms with Gasteiger partial charge >= 0.3 is 5.97 Å². The Morgan fingerprint density at radius 1 is 1.27 bits per heavy atom. The second kappa shape index (κ2) is 8.60. The van der Waals surface area contributed by atoms with E-state index in [1.165, 1.54) is 12.3 Å². The van der Waals surface area contributed by atoms with Gasteiger partial charge in [0.15, 0.2) is 11.7 Å². The molecule has 0 unspecified atom stereocenters. The normalized spacial score (nSPS) is 11.3. The number of benzene rings is 1. The van der Waals surface area contributed by atoms with Crippen LogP contribution in [0.25, 0.3) is 11.3 Å². The number of halogens is 1. The first-order chi connectivity index (χ1) is 12.4. The number of aryl methyl sites for hydroxylation is 1. The number of oxazole rings is 1.